The second-order valence-corrected chi connectivity index (χ2v) is 9.59. The van der Waals surface area contributed by atoms with Crippen LogP contribution >= 0.6 is 27.5 Å². The quantitative estimate of drug-likeness (QED) is 0.304. The molecule has 1 fully saturated rings. The fraction of sp³-hybridized carbons (Fsp3) is 0.240. The number of hydrogen-bond acceptors (Lipinski definition) is 4. The van der Waals surface area contributed by atoms with Crippen LogP contribution in [0.1, 0.15) is 30.4 Å². The van der Waals surface area contributed by atoms with Gasteiger partial charge < -0.3 is 10.6 Å². The summed E-state index contributed by atoms with van der Waals surface area (Å²) < 4.78 is 2.58. The maximum absolute atomic E-state index is 12.0. The number of nitrogens with zero attached hydrogens (tertiary/aromatic N) is 3. The molecule has 33 heavy (non-hydrogen) atoms. The van der Waals surface area contributed by atoms with Gasteiger partial charge in [-0.3, -0.25) is 4.79 Å². The molecule has 2 aromatic carbocycles. The second-order valence-electron chi connectivity index (χ2n) is 8.33. The predicted octanol–water partition coefficient (Wildman–Crippen LogP) is 5.84. The van der Waals surface area contributed by atoms with Gasteiger partial charge in [0.25, 0.3) is 0 Å². The van der Waals surface area contributed by atoms with Gasteiger partial charge in [0.05, 0.1) is 16.4 Å². The van der Waals surface area contributed by atoms with E-state index in [-0.39, 0.29) is 5.91 Å². The van der Waals surface area contributed by atoms with Gasteiger partial charge in [0.15, 0.2) is 5.65 Å². The topological polar surface area (TPSA) is 71.3 Å². The lowest BCUT2D eigenvalue weighted by atomic mass is 10.1. The molecular weight excluding hydrogens is 502 g/mol. The number of nitrogens with one attached hydrogen (secondary N) is 2. The molecule has 2 heterocycles. The van der Waals surface area contributed by atoms with Crippen molar-refractivity contribution in [2.75, 3.05) is 5.32 Å². The highest BCUT2D eigenvalue weighted by molar-refractivity contribution is 9.10. The molecule has 6 nitrogen and oxygen atoms in total. The van der Waals surface area contributed by atoms with Gasteiger partial charge in [-0.1, -0.05) is 54.1 Å². The number of carbonyl (C=O) groups excluding carboxylic acids is 1. The van der Waals surface area contributed by atoms with Crippen LogP contribution in [0.15, 0.2) is 65.3 Å². The third kappa shape index (κ3) is 5.20. The molecule has 0 aliphatic heterocycles. The first-order valence-corrected chi connectivity index (χ1v) is 12.1. The molecule has 2 N–H and O–H groups in total. The number of hydrogen-bond donors (Lipinski definition) is 2. The summed E-state index contributed by atoms with van der Waals surface area (Å²) in [7, 11) is 0. The van der Waals surface area contributed by atoms with Gasteiger partial charge in [-0.05, 0) is 51.9 Å². The molecule has 0 radical (unpaired) electrons. The average molecular weight is 525 g/mol. The van der Waals surface area contributed by atoms with E-state index in [4.69, 9.17) is 16.6 Å². The monoisotopic (exact) mass is 523 g/mol. The molecule has 8 heteroatoms. The van der Waals surface area contributed by atoms with E-state index in [0.717, 1.165) is 32.7 Å². The number of benzene rings is 2. The normalized spacial score (nSPS) is 13.3. The van der Waals surface area contributed by atoms with Crippen molar-refractivity contribution in [2.45, 2.75) is 32.4 Å². The van der Waals surface area contributed by atoms with Gasteiger partial charge in [-0.15, -0.1) is 0 Å². The molecule has 1 amide bonds. The van der Waals surface area contributed by atoms with Crippen molar-refractivity contribution < 1.29 is 4.79 Å². The van der Waals surface area contributed by atoms with Crippen molar-refractivity contribution in [3.63, 3.8) is 0 Å². The van der Waals surface area contributed by atoms with Crippen molar-refractivity contribution in [3.05, 3.63) is 81.4 Å². The summed E-state index contributed by atoms with van der Waals surface area (Å²) in [5.41, 5.74) is 4.53. The minimum atomic E-state index is 0.136. The van der Waals surface area contributed by atoms with Crippen LogP contribution in [-0.2, 0) is 17.9 Å². The van der Waals surface area contributed by atoms with E-state index >= 15 is 0 Å². The Kier molecular flexibility index (Phi) is 6.33. The van der Waals surface area contributed by atoms with Crippen LogP contribution < -0.4 is 10.6 Å². The van der Waals surface area contributed by atoms with Gasteiger partial charge in [0, 0.05) is 36.2 Å². The minimum Gasteiger partial charge on any atom is -0.366 e. The van der Waals surface area contributed by atoms with Gasteiger partial charge >= 0.3 is 0 Å². The standard InChI is InChI=1S/C25H23BrClN5O/c26-20-15-30-32-23(12-22(31-25(20)32)19-6-1-2-7-21(19)27)28-13-17-4-3-5-18(10-17)14-29-24(33)11-16-8-9-16/h1-7,10,12,15-16,28H,8-9,11,13-14H2,(H,29,33). The van der Waals surface area contributed by atoms with Crippen LogP contribution in [0, 0.1) is 5.92 Å². The van der Waals surface area contributed by atoms with E-state index in [1.807, 2.05) is 42.5 Å². The Bertz CT molecular complexity index is 1320. The number of amides is 1. The lowest BCUT2D eigenvalue weighted by Crippen LogP contribution is -2.22. The number of anilines is 1. The number of aromatic nitrogens is 3. The van der Waals surface area contributed by atoms with Crippen LogP contribution in [0.5, 0.6) is 0 Å². The Hall–Kier alpha value is -2.90. The summed E-state index contributed by atoms with van der Waals surface area (Å²) in [5.74, 6) is 1.54. The van der Waals surface area contributed by atoms with Gasteiger partial charge in [0.2, 0.25) is 5.91 Å². The molecule has 0 bridgehead atoms. The van der Waals surface area contributed by atoms with E-state index in [1.54, 1.807) is 10.7 Å². The summed E-state index contributed by atoms with van der Waals surface area (Å²) in [4.78, 5) is 16.8. The summed E-state index contributed by atoms with van der Waals surface area (Å²) in [6.45, 7) is 1.14. The lowest BCUT2D eigenvalue weighted by molar-refractivity contribution is -0.121. The molecule has 4 aromatic rings. The Morgan fingerprint density at radius 1 is 1.09 bits per heavy atom. The van der Waals surface area contributed by atoms with Crippen molar-refractivity contribution in [1.82, 2.24) is 19.9 Å². The van der Waals surface area contributed by atoms with Gasteiger partial charge in [-0.2, -0.15) is 9.61 Å². The molecule has 1 saturated carbocycles. The number of fused-ring (bicyclic) bond motifs is 1. The molecule has 168 valence electrons. The molecule has 5 rings (SSSR count). The van der Waals surface area contributed by atoms with Crippen LogP contribution in [0.25, 0.3) is 16.9 Å². The zero-order valence-corrected chi connectivity index (χ0v) is 20.2. The maximum atomic E-state index is 12.0. The molecule has 1 aliphatic carbocycles. The third-order valence-corrected chi connectivity index (χ3v) is 6.59. The first-order valence-electron chi connectivity index (χ1n) is 10.9. The van der Waals surface area contributed by atoms with Crippen LogP contribution in [0.2, 0.25) is 5.02 Å². The molecule has 0 saturated heterocycles. The number of halogens is 2. The Balaban J connectivity index is 1.34. The van der Waals surface area contributed by atoms with Gasteiger partial charge in [-0.25, -0.2) is 4.98 Å². The van der Waals surface area contributed by atoms with Crippen LogP contribution in [0.3, 0.4) is 0 Å². The van der Waals surface area contributed by atoms with E-state index in [9.17, 15) is 4.79 Å². The zero-order valence-electron chi connectivity index (χ0n) is 17.9. The van der Waals surface area contributed by atoms with E-state index in [0.29, 0.717) is 36.1 Å². The third-order valence-electron chi connectivity index (χ3n) is 5.70. The van der Waals surface area contributed by atoms with E-state index < -0.39 is 0 Å². The molecular formula is C25H23BrClN5O. The highest BCUT2D eigenvalue weighted by Crippen LogP contribution is 2.32. The molecule has 0 atom stereocenters. The Morgan fingerprint density at radius 3 is 2.67 bits per heavy atom. The fourth-order valence-corrected chi connectivity index (χ4v) is 4.35. The summed E-state index contributed by atoms with van der Waals surface area (Å²) in [6.07, 6.45) is 4.74. The largest absolute Gasteiger partial charge is 0.366 e. The van der Waals surface area contributed by atoms with Crippen molar-refractivity contribution in [3.8, 4) is 11.3 Å². The van der Waals surface area contributed by atoms with Crippen molar-refractivity contribution in [1.29, 1.82) is 0 Å². The number of carbonyl (C=O) groups is 1. The zero-order chi connectivity index (χ0) is 22.8. The lowest BCUT2D eigenvalue weighted by Gasteiger charge is -2.12. The minimum absolute atomic E-state index is 0.136. The van der Waals surface area contributed by atoms with E-state index in [1.165, 1.54) is 12.8 Å². The Morgan fingerprint density at radius 2 is 1.88 bits per heavy atom. The van der Waals surface area contributed by atoms with Crippen LogP contribution in [0.4, 0.5) is 5.82 Å². The first kappa shape index (κ1) is 21.9. The second kappa shape index (κ2) is 9.53. The predicted molar refractivity (Wildman–Crippen MR) is 134 cm³/mol. The highest BCUT2D eigenvalue weighted by Gasteiger charge is 2.24. The smallest absolute Gasteiger partial charge is 0.220 e. The number of rotatable bonds is 8. The van der Waals surface area contributed by atoms with Crippen LogP contribution in [-0.4, -0.2) is 20.5 Å². The maximum Gasteiger partial charge on any atom is 0.220 e. The van der Waals surface area contributed by atoms with Crippen molar-refractivity contribution in [2.24, 2.45) is 5.92 Å². The van der Waals surface area contributed by atoms with E-state index in [2.05, 4.69) is 43.8 Å². The summed E-state index contributed by atoms with van der Waals surface area (Å²) >= 11 is 9.96. The van der Waals surface area contributed by atoms with Gasteiger partial charge in [0.1, 0.15) is 5.82 Å². The Labute approximate surface area is 205 Å². The molecule has 2 aromatic heterocycles. The SMILES string of the molecule is O=C(CC1CC1)NCc1cccc(CNc2cc(-c3ccccc3Cl)nc3c(Br)cnn23)c1. The molecule has 1 aliphatic rings. The average Bonchev–Trinajstić information content (AvgIpc) is 3.56. The van der Waals surface area contributed by atoms with Crippen molar-refractivity contribution >= 4 is 44.9 Å². The highest BCUT2D eigenvalue weighted by atomic mass is 79.9. The fourth-order valence-electron chi connectivity index (χ4n) is 3.77. The first-order chi connectivity index (χ1) is 16.1. The molecule has 0 unspecified atom stereocenters. The summed E-state index contributed by atoms with van der Waals surface area (Å²) in [6, 6.07) is 17.8. The summed E-state index contributed by atoms with van der Waals surface area (Å²) in [5, 5.41) is 11.6. The molecule has 0 spiro atoms.